The van der Waals surface area contributed by atoms with Crippen molar-refractivity contribution in [3.63, 3.8) is 0 Å². The van der Waals surface area contributed by atoms with E-state index in [9.17, 15) is 14.7 Å². The molecule has 0 aliphatic heterocycles. The number of hydrogen-bond acceptors (Lipinski definition) is 6. The van der Waals surface area contributed by atoms with Crippen LogP contribution in [0.5, 0.6) is 0 Å². The second kappa shape index (κ2) is 10.5. The number of halogens is 1. The number of aromatic carboxylic acids is 1. The third-order valence-electron chi connectivity index (χ3n) is 10.2. The highest BCUT2D eigenvalue weighted by Crippen LogP contribution is 2.45. The molecule has 11 heteroatoms. The molecule has 0 atom stereocenters. The number of hydrogen-bond donors (Lipinski definition) is 2. The molecule has 2 saturated carbocycles. The summed E-state index contributed by atoms with van der Waals surface area (Å²) in [6.45, 7) is 1.74. The lowest BCUT2D eigenvalue weighted by molar-refractivity contribution is 0.0663. The van der Waals surface area contributed by atoms with Crippen molar-refractivity contribution in [3.8, 4) is 11.5 Å². The second-order valence-corrected chi connectivity index (χ2v) is 13.8. The van der Waals surface area contributed by atoms with Gasteiger partial charge in [0.2, 0.25) is 5.76 Å². The van der Waals surface area contributed by atoms with Gasteiger partial charge in [-0.3, -0.25) is 4.79 Å². The smallest absolute Gasteiger partial charge is 0.372 e. The van der Waals surface area contributed by atoms with Crippen LogP contribution in [0.25, 0.3) is 44.4 Å². The van der Waals surface area contributed by atoms with Crippen LogP contribution in [0.2, 0.25) is 0 Å². The van der Waals surface area contributed by atoms with E-state index in [1.807, 2.05) is 42.9 Å². The van der Waals surface area contributed by atoms with E-state index < -0.39 is 11.5 Å². The minimum absolute atomic E-state index is 0.0599. The minimum atomic E-state index is -1.09. The van der Waals surface area contributed by atoms with Crippen molar-refractivity contribution in [2.45, 2.75) is 63.3 Å². The Morgan fingerprint density at radius 1 is 1.00 bits per heavy atom. The predicted octanol–water partition coefficient (Wildman–Crippen LogP) is 7.50. The molecular weight excluding hydrogens is 648 g/mol. The minimum Gasteiger partial charge on any atom is -0.475 e. The number of carbonyl (C=O) groups is 2. The monoisotopic (exact) mass is 680 g/mol. The fourth-order valence-electron chi connectivity index (χ4n) is 7.70. The van der Waals surface area contributed by atoms with Crippen LogP contribution < -0.4 is 5.32 Å². The van der Waals surface area contributed by atoms with Gasteiger partial charge in [0.25, 0.3) is 5.91 Å². The van der Waals surface area contributed by atoms with Crippen molar-refractivity contribution in [3.05, 3.63) is 75.5 Å². The second-order valence-electron chi connectivity index (χ2n) is 12.8. The van der Waals surface area contributed by atoms with Gasteiger partial charge in [-0.2, -0.15) is 0 Å². The van der Waals surface area contributed by atoms with Crippen LogP contribution in [0.1, 0.15) is 88.7 Å². The summed E-state index contributed by atoms with van der Waals surface area (Å²) in [5.74, 6) is 0.604. The van der Waals surface area contributed by atoms with Crippen LogP contribution in [0.3, 0.4) is 0 Å². The number of amides is 1. The maximum atomic E-state index is 14.0. The van der Waals surface area contributed by atoms with E-state index >= 15 is 0 Å². The Kier molecular flexibility index (Phi) is 6.61. The Morgan fingerprint density at radius 2 is 1.74 bits per heavy atom. The maximum absolute atomic E-state index is 14.0. The van der Waals surface area contributed by atoms with Crippen molar-refractivity contribution >= 4 is 60.7 Å². The fourth-order valence-corrected chi connectivity index (χ4v) is 7.91. The molecule has 2 aliphatic carbocycles. The van der Waals surface area contributed by atoms with Crippen LogP contribution in [-0.2, 0) is 19.6 Å². The molecule has 8 rings (SSSR count). The third-order valence-corrected chi connectivity index (χ3v) is 10.6. The number of imidazole rings is 1. The van der Waals surface area contributed by atoms with E-state index in [2.05, 4.69) is 41.8 Å². The average molecular weight is 682 g/mol. The van der Waals surface area contributed by atoms with Crippen LogP contribution in [0.4, 0.5) is 0 Å². The van der Waals surface area contributed by atoms with Gasteiger partial charge in [-0.1, -0.05) is 18.9 Å². The first kappa shape index (κ1) is 28.9. The lowest BCUT2D eigenvalue weighted by atomic mass is 9.75. The van der Waals surface area contributed by atoms with E-state index in [1.54, 1.807) is 19.3 Å². The first-order valence-corrected chi connectivity index (χ1v) is 16.5. The summed E-state index contributed by atoms with van der Waals surface area (Å²) in [5.41, 5.74) is 5.89. The third kappa shape index (κ3) is 4.31. The Hall–Kier alpha value is -4.51. The molecule has 0 unspecified atom stereocenters. The van der Waals surface area contributed by atoms with E-state index in [-0.39, 0.29) is 11.7 Å². The number of aromatic nitrogens is 5. The zero-order valence-corrected chi connectivity index (χ0v) is 27.4. The Morgan fingerprint density at radius 3 is 2.41 bits per heavy atom. The molecule has 2 aromatic carbocycles. The number of fused-ring (bicyclic) bond motifs is 3. The number of rotatable bonds is 6. The van der Waals surface area contributed by atoms with Gasteiger partial charge < -0.3 is 24.0 Å². The predicted molar refractivity (Wildman–Crippen MR) is 178 cm³/mol. The molecule has 1 amide bonds. The molecule has 4 aromatic heterocycles. The number of nitrogens with one attached hydrogen (secondary N) is 1. The van der Waals surface area contributed by atoms with Crippen LogP contribution in [-0.4, -0.2) is 41.1 Å². The molecule has 6 aromatic rings. The van der Waals surface area contributed by atoms with Crippen LogP contribution in [0.15, 0.2) is 51.6 Å². The van der Waals surface area contributed by atoms with Gasteiger partial charge in [-0.15, -0.1) is 0 Å². The summed E-state index contributed by atoms with van der Waals surface area (Å²) in [6.07, 6.45) is 10.8. The summed E-state index contributed by atoms with van der Waals surface area (Å²) >= 11 is 3.46. The maximum Gasteiger partial charge on any atom is 0.372 e. The average Bonchev–Trinajstić information content (AvgIpc) is 3.80. The molecule has 2 N–H and O–H groups in total. The highest BCUT2D eigenvalue weighted by atomic mass is 79.9. The van der Waals surface area contributed by atoms with E-state index in [0.29, 0.717) is 28.5 Å². The van der Waals surface area contributed by atoms with Crippen molar-refractivity contribution in [2.24, 2.45) is 14.1 Å². The van der Waals surface area contributed by atoms with Gasteiger partial charge in [0, 0.05) is 60.0 Å². The molecular formula is C35H33BrN6O4. The SMILES string of the molecule is Cc1c(C(=O)O)oc2cc3c(cc12)nc(C1(NC(=O)c2ccc4c(C5CCCC5)c(-c5ncc(Br)cn5)n(C)c4c2)CCC1)n3C. The van der Waals surface area contributed by atoms with Crippen LogP contribution in [0, 0.1) is 6.92 Å². The molecule has 10 nitrogen and oxygen atoms in total. The molecule has 2 fully saturated rings. The zero-order chi connectivity index (χ0) is 31.9. The zero-order valence-electron chi connectivity index (χ0n) is 25.9. The molecule has 0 bridgehead atoms. The van der Waals surface area contributed by atoms with Crippen LogP contribution >= 0.6 is 15.9 Å². The standard InChI is InChI=1S/C35H33BrN6O4/c1-18-23-14-24-26(15-27(23)46-30(18)33(44)45)42(3)34(39-24)35(11-6-12-35)40-32(43)20-9-10-22-25(13-20)41(2)29(28(22)19-7-4-5-8-19)31-37-16-21(36)17-38-31/h9-10,13-17,19H,4-8,11-12H2,1-3H3,(H,40,43)(H,44,45). The topological polar surface area (TPSA) is 128 Å². The van der Waals surface area contributed by atoms with Crippen molar-refractivity contribution in [2.75, 3.05) is 0 Å². The summed E-state index contributed by atoms with van der Waals surface area (Å²) in [5, 5.41) is 14.8. The number of carboxylic acid groups (broad SMARTS) is 1. The van der Waals surface area contributed by atoms with Crippen molar-refractivity contribution < 1.29 is 19.1 Å². The van der Waals surface area contributed by atoms with Gasteiger partial charge in [0.1, 0.15) is 11.4 Å². The Bertz CT molecular complexity index is 2220. The molecule has 2 aliphatic rings. The lowest BCUT2D eigenvalue weighted by Crippen LogP contribution is -2.52. The highest BCUT2D eigenvalue weighted by Gasteiger charge is 2.44. The molecule has 0 radical (unpaired) electrons. The van der Waals surface area contributed by atoms with E-state index in [0.717, 1.165) is 75.4 Å². The first-order valence-electron chi connectivity index (χ1n) is 15.7. The van der Waals surface area contributed by atoms with Gasteiger partial charge >= 0.3 is 5.97 Å². The number of aryl methyl sites for hydroxylation is 3. The Labute approximate surface area is 273 Å². The van der Waals surface area contributed by atoms with Gasteiger partial charge in [-0.25, -0.2) is 19.7 Å². The van der Waals surface area contributed by atoms with Gasteiger partial charge in [0.05, 0.1) is 26.7 Å². The largest absolute Gasteiger partial charge is 0.475 e. The summed E-state index contributed by atoms with van der Waals surface area (Å²) in [6, 6.07) is 9.73. The first-order chi connectivity index (χ1) is 22.1. The van der Waals surface area contributed by atoms with Crippen molar-refractivity contribution in [1.82, 2.24) is 29.4 Å². The summed E-state index contributed by atoms with van der Waals surface area (Å²) in [7, 11) is 3.97. The summed E-state index contributed by atoms with van der Waals surface area (Å²) < 4.78 is 10.6. The quantitative estimate of drug-likeness (QED) is 0.186. The van der Waals surface area contributed by atoms with E-state index in [4.69, 9.17) is 9.40 Å². The highest BCUT2D eigenvalue weighted by molar-refractivity contribution is 9.10. The molecule has 0 spiro atoms. The van der Waals surface area contributed by atoms with E-state index in [1.165, 1.54) is 18.4 Å². The Balaban J connectivity index is 1.17. The van der Waals surface area contributed by atoms with Crippen molar-refractivity contribution in [1.29, 1.82) is 0 Å². The van der Waals surface area contributed by atoms with Gasteiger partial charge in [-0.05, 0) is 84.6 Å². The molecule has 0 saturated heterocycles. The number of carbonyl (C=O) groups excluding carboxylic acids is 1. The number of furan rings is 1. The number of nitrogens with zero attached hydrogens (tertiary/aromatic N) is 5. The molecule has 46 heavy (non-hydrogen) atoms. The molecule has 4 heterocycles. The normalized spacial score (nSPS) is 16.4. The number of benzene rings is 2. The lowest BCUT2D eigenvalue weighted by Gasteiger charge is -2.41. The van der Waals surface area contributed by atoms with Gasteiger partial charge in [0.15, 0.2) is 5.82 Å². The summed E-state index contributed by atoms with van der Waals surface area (Å²) in [4.78, 5) is 39.9. The molecule has 234 valence electrons. The number of carboxylic acids is 1. The fraction of sp³-hybridized carbons (Fsp3) is 0.343.